The maximum absolute atomic E-state index is 6.64. The molecule has 0 spiro atoms. The number of aromatic nitrogens is 3. The number of rotatable bonds is 5. The largest absolute Gasteiger partial charge is 0.455 e. The van der Waals surface area contributed by atoms with Gasteiger partial charge in [-0.1, -0.05) is 140 Å². The van der Waals surface area contributed by atoms with Crippen molar-refractivity contribution < 1.29 is 4.42 Å². The molecule has 0 fully saturated rings. The van der Waals surface area contributed by atoms with Crippen LogP contribution in [0.2, 0.25) is 0 Å². The second-order valence-corrected chi connectivity index (χ2v) is 11.6. The molecular weight excluding hydrogens is 574 g/mol. The lowest BCUT2D eigenvalue weighted by Crippen LogP contribution is -2.00. The van der Waals surface area contributed by atoms with Gasteiger partial charge in [-0.2, -0.15) is 0 Å². The van der Waals surface area contributed by atoms with Gasteiger partial charge in [-0.15, -0.1) is 0 Å². The molecule has 0 saturated carbocycles. The van der Waals surface area contributed by atoms with Gasteiger partial charge in [-0.05, 0) is 51.9 Å². The van der Waals surface area contributed by atoms with Gasteiger partial charge < -0.3 is 4.42 Å². The highest BCUT2D eigenvalue weighted by Crippen LogP contribution is 2.40. The Kier molecular flexibility index (Phi) is 6.43. The smallest absolute Gasteiger partial charge is 0.164 e. The van der Waals surface area contributed by atoms with E-state index in [1.165, 1.54) is 11.1 Å². The Bertz CT molecular complexity index is 2560. The van der Waals surface area contributed by atoms with Crippen LogP contribution in [-0.4, -0.2) is 15.0 Å². The Hall–Kier alpha value is -6.39. The van der Waals surface area contributed by atoms with Crippen LogP contribution in [0.3, 0.4) is 0 Å². The molecule has 7 aromatic carbocycles. The molecule has 9 rings (SSSR count). The molecule has 2 aromatic heterocycles. The van der Waals surface area contributed by atoms with Gasteiger partial charge in [0.25, 0.3) is 0 Å². The molecule has 0 N–H and O–H groups in total. The van der Waals surface area contributed by atoms with Gasteiger partial charge in [-0.25, -0.2) is 15.0 Å². The SMILES string of the molecule is c1ccc(-c2cccc(-c3nc(-c4ccccc4)nc(-c4ccc5c(c4)oc4c6ccccc6c(-c6ccccc6)cc54)n3)c2)cc1. The molecule has 47 heavy (non-hydrogen) atoms. The molecule has 0 radical (unpaired) electrons. The van der Waals surface area contributed by atoms with Crippen molar-refractivity contribution in [3.05, 3.63) is 164 Å². The van der Waals surface area contributed by atoms with Crippen LogP contribution in [0.15, 0.2) is 168 Å². The zero-order chi connectivity index (χ0) is 31.2. The summed E-state index contributed by atoms with van der Waals surface area (Å²) >= 11 is 0. The van der Waals surface area contributed by atoms with Gasteiger partial charge in [-0.3, -0.25) is 0 Å². The molecule has 0 aliphatic carbocycles. The van der Waals surface area contributed by atoms with Crippen LogP contribution < -0.4 is 0 Å². The van der Waals surface area contributed by atoms with Crippen LogP contribution in [-0.2, 0) is 0 Å². The van der Waals surface area contributed by atoms with E-state index in [1.54, 1.807) is 0 Å². The second-order valence-electron chi connectivity index (χ2n) is 11.6. The van der Waals surface area contributed by atoms with Crippen LogP contribution >= 0.6 is 0 Å². The summed E-state index contributed by atoms with van der Waals surface area (Å²) < 4.78 is 6.64. The first-order chi connectivity index (χ1) is 23.3. The van der Waals surface area contributed by atoms with E-state index in [9.17, 15) is 0 Å². The summed E-state index contributed by atoms with van der Waals surface area (Å²) in [6.45, 7) is 0. The second kappa shape index (κ2) is 11.2. The quantitative estimate of drug-likeness (QED) is 0.197. The maximum Gasteiger partial charge on any atom is 0.164 e. The lowest BCUT2D eigenvalue weighted by molar-refractivity contribution is 0.673. The highest BCUT2D eigenvalue weighted by Gasteiger charge is 2.17. The van der Waals surface area contributed by atoms with Crippen LogP contribution in [0.5, 0.6) is 0 Å². The lowest BCUT2D eigenvalue weighted by Gasteiger charge is -2.10. The van der Waals surface area contributed by atoms with Gasteiger partial charge in [0.15, 0.2) is 17.5 Å². The summed E-state index contributed by atoms with van der Waals surface area (Å²) in [5, 5.41) is 4.40. The first-order valence-corrected chi connectivity index (χ1v) is 15.7. The number of furan rings is 1. The summed E-state index contributed by atoms with van der Waals surface area (Å²) in [7, 11) is 0. The predicted octanol–water partition coefficient (Wildman–Crippen LogP) is 11.3. The van der Waals surface area contributed by atoms with Gasteiger partial charge in [0.2, 0.25) is 0 Å². The third-order valence-electron chi connectivity index (χ3n) is 8.72. The number of benzene rings is 7. The van der Waals surface area contributed by atoms with E-state index >= 15 is 0 Å². The first kappa shape index (κ1) is 27.0. The molecule has 0 bridgehead atoms. The van der Waals surface area contributed by atoms with Crippen LogP contribution in [0.4, 0.5) is 0 Å². The van der Waals surface area contributed by atoms with E-state index in [0.29, 0.717) is 17.5 Å². The molecule has 4 nitrogen and oxygen atoms in total. The van der Waals surface area contributed by atoms with Crippen molar-refractivity contribution in [2.24, 2.45) is 0 Å². The van der Waals surface area contributed by atoms with Crippen molar-refractivity contribution in [1.29, 1.82) is 0 Å². The molecule has 9 aromatic rings. The fourth-order valence-corrected chi connectivity index (χ4v) is 6.41. The molecule has 0 amide bonds. The van der Waals surface area contributed by atoms with Crippen molar-refractivity contribution in [2.75, 3.05) is 0 Å². The normalized spacial score (nSPS) is 11.4. The van der Waals surface area contributed by atoms with Crippen molar-refractivity contribution in [3.8, 4) is 56.4 Å². The van der Waals surface area contributed by atoms with Crippen molar-refractivity contribution in [1.82, 2.24) is 15.0 Å². The van der Waals surface area contributed by atoms with E-state index < -0.39 is 0 Å². The third-order valence-corrected chi connectivity index (χ3v) is 8.72. The van der Waals surface area contributed by atoms with Gasteiger partial charge >= 0.3 is 0 Å². The van der Waals surface area contributed by atoms with Crippen molar-refractivity contribution >= 4 is 32.7 Å². The van der Waals surface area contributed by atoms with E-state index in [4.69, 9.17) is 19.4 Å². The van der Waals surface area contributed by atoms with Crippen LogP contribution in [0.1, 0.15) is 0 Å². The highest BCUT2D eigenvalue weighted by molar-refractivity contribution is 6.19. The van der Waals surface area contributed by atoms with Crippen LogP contribution in [0, 0.1) is 0 Å². The summed E-state index contributed by atoms with van der Waals surface area (Å²) in [5.41, 5.74) is 9.02. The molecule has 0 aliphatic rings. The fourth-order valence-electron chi connectivity index (χ4n) is 6.41. The van der Waals surface area contributed by atoms with Crippen LogP contribution in [0.25, 0.3) is 89.1 Å². The molecule has 0 saturated heterocycles. The topological polar surface area (TPSA) is 51.8 Å². The van der Waals surface area contributed by atoms with E-state index in [0.717, 1.165) is 60.5 Å². The van der Waals surface area contributed by atoms with Gasteiger partial charge in [0.1, 0.15) is 11.2 Å². The average molecular weight is 602 g/mol. The Labute approximate surface area is 271 Å². The molecule has 2 heterocycles. The Morgan fingerprint density at radius 1 is 0.319 bits per heavy atom. The summed E-state index contributed by atoms with van der Waals surface area (Å²) in [6, 6.07) is 56.3. The Morgan fingerprint density at radius 2 is 0.851 bits per heavy atom. The number of hydrogen-bond donors (Lipinski definition) is 0. The Balaban J connectivity index is 1.22. The van der Waals surface area contributed by atoms with Crippen molar-refractivity contribution in [3.63, 3.8) is 0 Å². The minimum Gasteiger partial charge on any atom is -0.455 e. The lowest BCUT2D eigenvalue weighted by atomic mass is 9.95. The minimum absolute atomic E-state index is 0.594. The first-order valence-electron chi connectivity index (χ1n) is 15.7. The zero-order valence-electron chi connectivity index (χ0n) is 25.3. The van der Waals surface area contributed by atoms with Crippen molar-refractivity contribution in [2.45, 2.75) is 0 Å². The van der Waals surface area contributed by atoms with Gasteiger partial charge in [0, 0.05) is 32.8 Å². The summed E-state index contributed by atoms with van der Waals surface area (Å²) in [4.78, 5) is 15.0. The van der Waals surface area contributed by atoms with Gasteiger partial charge in [0.05, 0.1) is 0 Å². The standard InChI is InChI=1S/C43H27N3O/c1-4-13-28(14-5-1)31-19-12-20-32(25-31)42-44-41(30-17-8-3-9-18-30)45-43(46-42)33-23-24-35-38-27-37(29-15-6-2-7-16-29)34-21-10-11-22-36(34)40(38)47-39(35)26-33/h1-27H. The summed E-state index contributed by atoms with van der Waals surface area (Å²) in [5.74, 6) is 1.84. The number of fused-ring (bicyclic) bond motifs is 5. The summed E-state index contributed by atoms with van der Waals surface area (Å²) in [6.07, 6.45) is 0. The molecular formula is C43H27N3O. The fraction of sp³-hybridized carbons (Fsp3) is 0. The number of hydrogen-bond acceptors (Lipinski definition) is 4. The number of nitrogens with zero attached hydrogens (tertiary/aromatic N) is 3. The predicted molar refractivity (Wildman–Crippen MR) is 192 cm³/mol. The minimum atomic E-state index is 0.594. The average Bonchev–Trinajstić information content (AvgIpc) is 3.53. The monoisotopic (exact) mass is 601 g/mol. The molecule has 0 unspecified atom stereocenters. The molecule has 0 atom stereocenters. The molecule has 0 aliphatic heterocycles. The molecule has 4 heteroatoms. The van der Waals surface area contributed by atoms with E-state index in [-0.39, 0.29) is 0 Å². The molecule has 220 valence electrons. The highest BCUT2D eigenvalue weighted by atomic mass is 16.3. The zero-order valence-corrected chi connectivity index (χ0v) is 25.3. The maximum atomic E-state index is 6.64. The van der Waals surface area contributed by atoms with E-state index in [2.05, 4.69) is 127 Å². The third kappa shape index (κ3) is 4.84. The van der Waals surface area contributed by atoms with E-state index in [1.807, 2.05) is 36.4 Å². The Morgan fingerprint density at radius 3 is 1.55 bits per heavy atom.